The van der Waals surface area contributed by atoms with Crippen molar-refractivity contribution in [2.75, 3.05) is 16.4 Å². The molecule has 168 valence electrons. The third-order valence-electron chi connectivity index (χ3n) is 4.62. The molecule has 2 aromatic heterocycles. The molecule has 4 rings (SSSR count). The highest BCUT2D eigenvalue weighted by molar-refractivity contribution is 7.99. The van der Waals surface area contributed by atoms with Crippen molar-refractivity contribution >= 4 is 57.9 Å². The first-order valence-corrected chi connectivity index (χ1v) is 12.3. The van der Waals surface area contributed by atoms with E-state index in [0.29, 0.717) is 33.7 Å². The van der Waals surface area contributed by atoms with Crippen LogP contribution in [0, 0.1) is 0 Å². The van der Waals surface area contributed by atoms with E-state index in [2.05, 4.69) is 20.8 Å². The van der Waals surface area contributed by atoms with E-state index in [0.717, 1.165) is 10.7 Å². The van der Waals surface area contributed by atoms with Gasteiger partial charge in [-0.1, -0.05) is 35.5 Å². The van der Waals surface area contributed by atoms with Gasteiger partial charge in [-0.2, -0.15) is 0 Å². The van der Waals surface area contributed by atoms with Gasteiger partial charge in [0.25, 0.3) is 5.91 Å². The molecule has 0 radical (unpaired) electrons. The summed E-state index contributed by atoms with van der Waals surface area (Å²) >= 11 is 8.88. The summed E-state index contributed by atoms with van der Waals surface area (Å²) in [5.74, 6) is 0.605. The highest BCUT2D eigenvalue weighted by Crippen LogP contribution is 2.27. The van der Waals surface area contributed by atoms with E-state index in [1.807, 2.05) is 29.0 Å². The van der Waals surface area contributed by atoms with E-state index >= 15 is 0 Å². The van der Waals surface area contributed by atoms with Crippen LogP contribution in [-0.4, -0.2) is 32.3 Å². The fourth-order valence-corrected chi connectivity index (χ4v) is 4.78. The standard InChI is InChI=1S/C23H20ClN5O2S2/c1-2-29-21(19-7-4-12-32-19)27-28-23(29)33-14-20(30)25-17-8-10-18(11-9-17)26-22(31)15-5-3-6-16(24)13-15/h3-13H,2,14H2,1H3,(H,25,30)(H,26,31). The van der Waals surface area contributed by atoms with Crippen LogP contribution < -0.4 is 10.6 Å². The van der Waals surface area contributed by atoms with Crippen LogP contribution in [0.2, 0.25) is 5.02 Å². The van der Waals surface area contributed by atoms with Crippen molar-refractivity contribution in [2.24, 2.45) is 0 Å². The normalized spacial score (nSPS) is 10.7. The lowest BCUT2D eigenvalue weighted by Gasteiger charge is -2.09. The second kappa shape index (κ2) is 10.7. The van der Waals surface area contributed by atoms with E-state index in [4.69, 9.17) is 11.6 Å². The topological polar surface area (TPSA) is 88.9 Å². The second-order valence-electron chi connectivity index (χ2n) is 6.91. The summed E-state index contributed by atoms with van der Waals surface area (Å²) in [7, 11) is 0. The lowest BCUT2D eigenvalue weighted by Crippen LogP contribution is -2.15. The number of hydrogen-bond acceptors (Lipinski definition) is 6. The van der Waals surface area contributed by atoms with Crippen LogP contribution in [0.4, 0.5) is 11.4 Å². The van der Waals surface area contributed by atoms with E-state index < -0.39 is 0 Å². The Kier molecular flexibility index (Phi) is 7.43. The number of benzene rings is 2. The Balaban J connectivity index is 1.32. The highest BCUT2D eigenvalue weighted by atomic mass is 35.5. The number of carbonyl (C=O) groups excluding carboxylic acids is 2. The Bertz CT molecular complexity index is 1260. The molecule has 2 heterocycles. The van der Waals surface area contributed by atoms with Gasteiger partial charge in [0, 0.05) is 28.5 Å². The molecule has 33 heavy (non-hydrogen) atoms. The summed E-state index contributed by atoms with van der Waals surface area (Å²) in [5.41, 5.74) is 1.72. The predicted molar refractivity (Wildman–Crippen MR) is 134 cm³/mol. The molecule has 0 fully saturated rings. The van der Waals surface area contributed by atoms with Gasteiger partial charge in [0.2, 0.25) is 5.91 Å². The van der Waals surface area contributed by atoms with Crippen molar-refractivity contribution in [1.29, 1.82) is 0 Å². The van der Waals surface area contributed by atoms with E-state index in [1.54, 1.807) is 59.9 Å². The van der Waals surface area contributed by atoms with Crippen molar-refractivity contribution in [2.45, 2.75) is 18.6 Å². The van der Waals surface area contributed by atoms with E-state index in [1.165, 1.54) is 11.8 Å². The zero-order chi connectivity index (χ0) is 23.2. The molecule has 0 unspecified atom stereocenters. The van der Waals surface area contributed by atoms with Crippen LogP contribution in [0.5, 0.6) is 0 Å². The minimum Gasteiger partial charge on any atom is -0.325 e. The summed E-state index contributed by atoms with van der Waals surface area (Å²) in [6.07, 6.45) is 0. The Morgan fingerprint density at radius 2 is 1.79 bits per heavy atom. The van der Waals surface area contributed by atoms with Gasteiger partial charge in [0.1, 0.15) is 0 Å². The molecule has 0 saturated carbocycles. The Labute approximate surface area is 204 Å². The maximum absolute atomic E-state index is 12.4. The summed E-state index contributed by atoms with van der Waals surface area (Å²) in [6, 6.07) is 17.6. The number of carbonyl (C=O) groups is 2. The fourth-order valence-electron chi connectivity index (χ4n) is 3.07. The number of thioether (sulfide) groups is 1. The van der Waals surface area contributed by atoms with Crippen molar-refractivity contribution in [3.63, 3.8) is 0 Å². The molecule has 2 N–H and O–H groups in total. The molecule has 4 aromatic rings. The third kappa shape index (κ3) is 5.81. The number of amides is 2. The molecule has 0 atom stereocenters. The quantitative estimate of drug-likeness (QED) is 0.306. The molecule has 2 amide bonds. The number of nitrogens with one attached hydrogen (secondary N) is 2. The molecule has 0 aliphatic rings. The average Bonchev–Trinajstić information content (AvgIpc) is 3.48. The first-order chi connectivity index (χ1) is 16.0. The molecule has 2 aromatic carbocycles. The summed E-state index contributed by atoms with van der Waals surface area (Å²) in [4.78, 5) is 25.8. The summed E-state index contributed by atoms with van der Waals surface area (Å²) in [5, 5.41) is 17.4. The van der Waals surface area contributed by atoms with Crippen LogP contribution in [-0.2, 0) is 11.3 Å². The number of hydrogen-bond donors (Lipinski definition) is 2. The van der Waals surface area contributed by atoms with E-state index in [9.17, 15) is 9.59 Å². The fraction of sp³-hybridized carbons (Fsp3) is 0.130. The number of rotatable bonds is 8. The molecule has 0 bridgehead atoms. The lowest BCUT2D eigenvalue weighted by molar-refractivity contribution is -0.113. The summed E-state index contributed by atoms with van der Waals surface area (Å²) in [6.45, 7) is 2.74. The largest absolute Gasteiger partial charge is 0.325 e. The highest BCUT2D eigenvalue weighted by Gasteiger charge is 2.15. The molecule has 10 heteroatoms. The van der Waals surface area contributed by atoms with Gasteiger partial charge in [0.15, 0.2) is 11.0 Å². The molecule has 0 aliphatic carbocycles. The minimum atomic E-state index is -0.257. The van der Waals surface area contributed by atoms with E-state index in [-0.39, 0.29) is 17.6 Å². The molecule has 0 spiro atoms. The number of halogens is 1. The van der Waals surface area contributed by atoms with Crippen molar-refractivity contribution in [3.8, 4) is 10.7 Å². The molecular formula is C23H20ClN5O2S2. The van der Waals surface area contributed by atoms with Crippen molar-refractivity contribution in [3.05, 3.63) is 76.6 Å². The second-order valence-corrected chi connectivity index (χ2v) is 9.23. The van der Waals surface area contributed by atoms with Gasteiger partial charge in [-0.15, -0.1) is 21.5 Å². The number of anilines is 2. The first-order valence-electron chi connectivity index (χ1n) is 10.1. The van der Waals surface area contributed by atoms with Gasteiger partial charge in [-0.05, 0) is 60.8 Å². The Hall–Kier alpha value is -3.14. The molecule has 0 aliphatic heterocycles. The average molecular weight is 498 g/mol. The number of thiophene rings is 1. The maximum atomic E-state index is 12.4. The van der Waals surface area contributed by atoms with Crippen molar-refractivity contribution < 1.29 is 9.59 Å². The van der Waals surface area contributed by atoms with Crippen LogP contribution in [0.1, 0.15) is 17.3 Å². The Morgan fingerprint density at radius 1 is 1.03 bits per heavy atom. The molecule has 0 saturated heterocycles. The number of nitrogens with zero attached hydrogens (tertiary/aromatic N) is 3. The zero-order valence-electron chi connectivity index (χ0n) is 17.6. The van der Waals surface area contributed by atoms with Gasteiger partial charge in [-0.25, -0.2) is 0 Å². The summed E-state index contributed by atoms with van der Waals surface area (Å²) < 4.78 is 2.00. The third-order valence-corrected chi connectivity index (χ3v) is 6.69. The number of aromatic nitrogens is 3. The van der Waals surface area contributed by atoms with Crippen LogP contribution in [0.3, 0.4) is 0 Å². The smallest absolute Gasteiger partial charge is 0.255 e. The molecule has 7 nitrogen and oxygen atoms in total. The monoisotopic (exact) mass is 497 g/mol. The maximum Gasteiger partial charge on any atom is 0.255 e. The molecular weight excluding hydrogens is 478 g/mol. The van der Waals surface area contributed by atoms with Crippen LogP contribution in [0.15, 0.2) is 71.2 Å². The zero-order valence-corrected chi connectivity index (χ0v) is 20.0. The lowest BCUT2D eigenvalue weighted by atomic mass is 10.2. The van der Waals surface area contributed by atoms with Crippen LogP contribution >= 0.6 is 34.7 Å². The van der Waals surface area contributed by atoms with Crippen molar-refractivity contribution in [1.82, 2.24) is 14.8 Å². The SMILES string of the molecule is CCn1c(SCC(=O)Nc2ccc(NC(=O)c3cccc(Cl)c3)cc2)nnc1-c1cccs1. The van der Waals surface area contributed by atoms with Gasteiger partial charge in [-0.3, -0.25) is 9.59 Å². The predicted octanol–water partition coefficient (Wildman–Crippen LogP) is 5.66. The van der Waals surface area contributed by atoms with Crippen LogP contribution in [0.25, 0.3) is 10.7 Å². The van der Waals surface area contributed by atoms with Gasteiger partial charge >= 0.3 is 0 Å². The Morgan fingerprint density at radius 3 is 2.45 bits per heavy atom. The van der Waals surface area contributed by atoms with Gasteiger partial charge in [0.05, 0.1) is 10.6 Å². The first kappa shape index (κ1) is 23.0. The minimum absolute atomic E-state index is 0.154. The van der Waals surface area contributed by atoms with Gasteiger partial charge < -0.3 is 15.2 Å².